The molecule has 1 aliphatic carbocycles. The molecule has 1 aromatic carbocycles. The Kier molecular flexibility index (Phi) is 6.72. The minimum atomic E-state index is -0.379. The summed E-state index contributed by atoms with van der Waals surface area (Å²) in [5.41, 5.74) is 3.75. The maximum absolute atomic E-state index is 12.6. The summed E-state index contributed by atoms with van der Waals surface area (Å²) >= 11 is 1.34. The Morgan fingerprint density at radius 3 is 2.63 bits per heavy atom. The number of hydrogen-bond acceptors (Lipinski definition) is 5. The number of rotatable bonds is 5. The van der Waals surface area contributed by atoms with Gasteiger partial charge in [-0.25, -0.2) is 4.98 Å². The fraction of sp³-hybridized carbons (Fsp3) is 0.458. The van der Waals surface area contributed by atoms with E-state index in [-0.39, 0.29) is 16.6 Å². The zero-order chi connectivity index (χ0) is 21.9. The standard InChI is InChI=1S/C24H29N3O2S/c1-15(22(28)26-19-7-9-20(29-5)10-8-19)30-23-17(14-25)12-16-13-18(24(2,3)4)6-11-21(16)27-23/h7-10,12,15,18H,6,11,13H2,1-5H3,(H,26,28). The molecule has 1 aliphatic rings. The summed E-state index contributed by atoms with van der Waals surface area (Å²) in [6.45, 7) is 8.65. The van der Waals surface area contributed by atoms with E-state index in [9.17, 15) is 10.1 Å². The number of carbonyl (C=O) groups is 1. The first-order chi connectivity index (χ1) is 14.2. The number of thioether (sulfide) groups is 1. The first-order valence-corrected chi connectivity index (χ1v) is 11.1. The molecule has 0 radical (unpaired) electrons. The smallest absolute Gasteiger partial charge is 0.237 e. The van der Waals surface area contributed by atoms with Crippen LogP contribution in [-0.2, 0) is 17.6 Å². The monoisotopic (exact) mass is 423 g/mol. The van der Waals surface area contributed by atoms with E-state index in [1.807, 2.05) is 13.0 Å². The Hall–Kier alpha value is -2.52. The molecule has 1 N–H and O–H groups in total. The Balaban J connectivity index is 1.72. The van der Waals surface area contributed by atoms with Gasteiger partial charge in [0.25, 0.3) is 0 Å². The fourth-order valence-electron chi connectivity index (χ4n) is 3.69. The topological polar surface area (TPSA) is 75.0 Å². The average molecular weight is 424 g/mol. The normalized spacial score (nSPS) is 16.9. The molecular weight excluding hydrogens is 394 g/mol. The first-order valence-electron chi connectivity index (χ1n) is 10.3. The van der Waals surface area contributed by atoms with E-state index >= 15 is 0 Å². The van der Waals surface area contributed by atoms with E-state index in [0.29, 0.717) is 22.2 Å². The quantitative estimate of drug-likeness (QED) is 0.666. The van der Waals surface area contributed by atoms with E-state index in [4.69, 9.17) is 9.72 Å². The maximum atomic E-state index is 12.6. The van der Waals surface area contributed by atoms with Crippen molar-refractivity contribution in [3.05, 3.63) is 47.2 Å². The third-order valence-corrected chi connectivity index (χ3v) is 6.81. The second-order valence-corrected chi connectivity index (χ2v) is 10.2. The Labute approximate surface area is 183 Å². The van der Waals surface area contributed by atoms with Crippen molar-refractivity contribution in [1.29, 1.82) is 5.26 Å². The molecule has 158 valence electrons. The van der Waals surface area contributed by atoms with Crippen molar-refractivity contribution in [1.82, 2.24) is 4.98 Å². The van der Waals surface area contributed by atoms with Gasteiger partial charge in [-0.05, 0) is 73.4 Å². The highest BCUT2D eigenvalue weighted by Gasteiger charge is 2.30. The van der Waals surface area contributed by atoms with Gasteiger partial charge in [0.1, 0.15) is 16.8 Å². The SMILES string of the molecule is COc1ccc(NC(=O)C(C)Sc2nc3c(cc2C#N)CC(C(C)(C)C)CC3)cc1. The van der Waals surface area contributed by atoms with Crippen LogP contribution in [0.4, 0.5) is 5.69 Å². The van der Waals surface area contributed by atoms with Crippen LogP contribution >= 0.6 is 11.8 Å². The molecule has 0 saturated heterocycles. The number of methoxy groups -OCH3 is 1. The molecule has 0 bridgehead atoms. The van der Waals surface area contributed by atoms with Crippen molar-refractivity contribution in [2.45, 2.75) is 57.2 Å². The zero-order valence-electron chi connectivity index (χ0n) is 18.3. The van der Waals surface area contributed by atoms with Crippen LogP contribution in [0.1, 0.15) is 50.9 Å². The molecule has 0 saturated carbocycles. The second kappa shape index (κ2) is 9.09. The van der Waals surface area contributed by atoms with Gasteiger partial charge in [-0.1, -0.05) is 32.5 Å². The molecule has 0 spiro atoms. The number of benzene rings is 1. The van der Waals surface area contributed by atoms with Crippen LogP contribution < -0.4 is 10.1 Å². The molecule has 2 unspecified atom stereocenters. The number of nitriles is 1. The molecule has 2 atom stereocenters. The summed E-state index contributed by atoms with van der Waals surface area (Å²) in [6.07, 6.45) is 2.98. The van der Waals surface area contributed by atoms with Crippen molar-refractivity contribution < 1.29 is 9.53 Å². The molecule has 2 aromatic rings. The van der Waals surface area contributed by atoms with Crippen molar-refractivity contribution in [3.8, 4) is 11.8 Å². The van der Waals surface area contributed by atoms with Gasteiger partial charge in [0.2, 0.25) is 5.91 Å². The van der Waals surface area contributed by atoms with Crippen LogP contribution in [0.15, 0.2) is 35.4 Å². The van der Waals surface area contributed by atoms with Crippen LogP contribution in [-0.4, -0.2) is 23.3 Å². The fourth-order valence-corrected chi connectivity index (χ4v) is 4.59. The van der Waals surface area contributed by atoms with Gasteiger partial charge in [0.05, 0.1) is 17.9 Å². The Morgan fingerprint density at radius 1 is 1.33 bits per heavy atom. The molecule has 1 heterocycles. The minimum absolute atomic E-state index is 0.124. The number of aryl methyl sites for hydroxylation is 1. The largest absolute Gasteiger partial charge is 0.497 e. The van der Waals surface area contributed by atoms with Crippen LogP contribution in [0.5, 0.6) is 5.75 Å². The molecule has 1 amide bonds. The average Bonchev–Trinajstić information content (AvgIpc) is 2.72. The minimum Gasteiger partial charge on any atom is -0.497 e. The molecule has 0 fully saturated rings. The number of hydrogen-bond donors (Lipinski definition) is 1. The van der Waals surface area contributed by atoms with E-state index in [2.05, 4.69) is 32.2 Å². The van der Waals surface area contributed by atoms with Crippen molar-refractivity contribution >= 4 is 23.4 Å². The highest BCUT2D eigenvalue weighted by Crippen LogP contribution is 2.38. The number of aromatic nitrogens is 1. The zero-order valence-corrected chi connectivity index (χ0v) is 19.1. The van der Waals surface area contributed by atoms with E-state index in [1.54, 1.807) is 31.4 Å². The van der Waals surface area contributed by atoms with Crippen LogP contribution in [0.25, 0.3) is 0 Å². The molecule has 6 heteroatoms. The van der Waals surface area contributed by atoms with Crippen molar-refractivity contribution in [2.24, 2.45) is 11.3 Å². The number of amides is 1. The summed E-state index contributed by atoms with van der Waals surface area (Å²) in [4.78, 5) is 17.4. The van der Waals surface area contributed by atoms with Crippen molar-refractivity contribution in [3.63, 3.8) is 0 Å². The van der Waals surface area contributed by atoms with Gasteiger partial charge in [0, 0.05) is 11.4 Å². The number of fused-ring (bicyclic) bond motifs is 1. The molecule has 3 rings (SSSR count). The predicted octanol–water partition coefficient (Wildman–Crippen LogP) is 5.23. The Bertz CT molecular complexity index is 958. The van der Waals surface area contributed by atoms with Crippen LogP contribution in [0.2, 0.25) is 0 Å². The number of nitrogens with zero attached hydrogens (tertiary/aromatic N) is 2. The van der Waals surface area contributed by atoms with Gasteiger partial charge in [0.15, 0.2) is 0 Å². The summed E-state index contributed by atoms with van der Waals surface area (Å²) in [6, 6.07) is 11.5. The summed E-state index contributed by atoms with van der Waals surface area (Å²) < 4.78 is 5.14. The molecule has 0 aliphatic heterocycles. The van der Waals surface area contributed by atoms with Gasteiger partial charge in [-0.2, -0.15) is 5.26 Å². The lowest BCUT2D eigenvalue weighted by Crippen LogP contribution is -2.27. The number of pyridine rings is 1. The third kappa shape index (κ3) is 5.14. The Morgan fingerprint density at radius 2 is 2.03 bits per heavy atom. The van der Waals surface area contributed by atoms with Crippen LogP contribution in [0, 0.1) is 22.7 Å². The number of nitrogens with one attached hydrogen (secondary N) is 1. The molecule has 5 nitrogen and oxygen atoms in total. The summed E-state index contributed by atoms with van der Waals surface area (Å²) in [5.74, 6) is 1.20. The lowest BCUT2D eigenvalue weighted by Gasteiger charge is -2.34. The van der Waals surface area contributed by atoms with E-state index in [0.717, 1.165) is 30.7 Å². The summed E-state index contributed by atoms with van der Waals surface area (Å²) in [7, 11) is 1.61. The predicted molar refractivity (Wildman–Crippen MR) is 121 cm³/mol. The third-order valence-electron chi connectivity index (χ3n) is 5.71. The molecule has 30 heavy (non-hydrogen) atoms. The van der Waals surface area contributed by atoms with Gasteiger partial charge >= 0.3 is 0 Å². The number of anilines is 1. The van der Waals surface area contributed by atoms with E-state index in [1.165, 1.54) is 17.3 Å². The second-order valence-electron chi connectivity index (χ2n) is 8.84. The summed E-state index contributed by atoms with van der Waals surface area (Å²) in [5, 5.41) is 12.8. The first kappa shape index (κ1) is 22.2. The van der Waals surface area contributed by atoms with Crippen LogP contribution in [0.3, 0.4) is 0 Å². The highest BCUT2D eigenvalue weighted by molar-refractivity contribution is 8.00. The number of carbonyl (C=O) groups excluding carboxylic acids is 1. The maximum Gasteiger partial charge on any atom is 0.237 e. The van der Waals surface area contributed by atoms with Crippen molar-refractivity contribution in [2.75, 3.05) is 12.4 Å². The van der Waals surface area contributed by atoms with Gasteiger partial charge in [-0.15, -0.1) is 0 Å². The molecule has 1 aromatic heterocycles. The number of ether oxygens (including phenoxy) is 1. The molecular formula is C24H29N3O2S. The lowest BCUT2D eigenvalue weighted by atomic mass is 9.71. The lowest BCUT2D eigenvalue weighted by molar-refractivity contribution is -0.115. The highest BCUT2D eigenvalue weighted by atomic mass is 32.2. The van der Waals surface area contributed by atoms with Gasteiger partial charge in [-0.3, -0.25) is 4.79 Å². The van der Waals surface area contributed by atoms with E-state index < -0.39 is 0 Å². The van der Waals surface area contributed by atoms with Gasteiger partial charge < -0.3 is 10.1 Å².